The molecule has 0 aliphatic carbocycles. The molecular formula is C13H11N3O3. The van der Waals surface area contributed by atoms with Crippen LogP contribution < -0.4 is 10.6 Å². The molecule has 0 radical (unpaired) electrons. The summed E-state index contributed by atoms with van der Waals surface area (Å²) in [7, 11) is 0. The zero-order valence-corrected chi connectivity index (χ0v) is 9.88. The van der Waals surface area contributed by atoms with Gasteiger partial charge in [-0.2, -0.15) is 0 Å². The largest absolute Gasteiger partial charge is 0.481 e. The molecule has 0 bridgehead atoms. The van der Waals surface area contributed by atoms with E-state index in [-0.39, 0.29) is 12.3 Å². The monoisotopic (exact) mass is 257 g/mol. The highest BCUT2D eigenvalue weighted by Gasteiger charge is 2.28. The molecule has 6 nitrogen and oxygen atoms in total. The van der Waals surface area contributed by atoms with Crippen LogP contribution in [0.1, 0.15) is 6.42 Å². The Balaban J connectivity index is 2.08. The first-order valence-electron chi connectivity index (χ1n) is 5.82. The quantitative estimate of drug-likeness (QED) is 0.757. The molecule has 6 heteroatoms. The van der Waals surface area contributed by atoms with Crippen LogP contribution in [0.25, 0.3) is 10.9 Å². The average molecular weight is 257 g/mol. The lowest BCUT2D eigenvalue weighted by Crippen LogP contribution is -2.40. The Kier molecular flexibility index (Phi) is 2.56. The predicted octanol–water partition coefficient (Wildman–Crippen LogP) is 1.44. The fourth-order valence-corrected chi connectivity index (χ4v) is 2.17. The van der Waals surface area contributed by atoms with Crippen LogP contribution in [0.4, 0.5) is 11.4 Å². The van der Waals surface area contributed by atoms with Crippen molar-refractivity contribution in [3.05, 3.63) is 30.5 Å². The molecule has 0 saturated heterocycles. The molecule has 1 aromatic carbocycles. The highest BCUT2D eigenvalue weighted by Crippen LogP contribution is 2.33. The zero-order valence-electron chi connectivity index (χ0n) is 9.88. The number of fused-ring (bicyclic) bond motifs is 3. The van der Waals surface area contributed by atoms with Gasteiger partial charge in [0, 0.05) is 5.39 Å². The van der Waals surface area contributed by atoms with Gasteiger partial charge in [0.2, 0.25) is 5.91 Å². The highest BCUT2D eigenvalue weighted by molar-refractivity contribution is 6.10. The zero-order chi connectivity index (χ0) is 13.4. The summed E-state index contributed by atoms with van der Waals surface area (Å²) < 4.78 is 0. The molecule has 3 N–H and O–H groups in total. The Morgan fingerprint density at radius 2 is 2.16 bits per heavy atom. The number of nitrogens with one attached hydrogen (secondary N) is 2. The molecule has 2 heterocycles. The average Bonchev–Trinajstić information content (AvgIpc) is 2.39. The number of carboxylic acids is 1. The molecule has 0 spiro atoms. The number of aliphatic carboxylic acids is 1. The Bertz CT molecular complexity index is 684. The van der Waals surface area contributed by atoms with E-state index < -0.39 is 12.0 Å². The summed E-state index contributed by atoms with van der Waals surface area (Å²) in [6.07, 6.45) is 1.31. The smallest absolute Gasteiger partial charge is 0.305 e. The van der Waals surface area contributed by atoms with Crippen molar-refractivity contribution in [3.8, 4) is 0 Å². The maximum Gasteiger partial charge on any atom is 0.305 e. The lowest BCUT2D eigenvalue weighted by atomic mass is 10.1. The molecule has 1 unspecified atom stereocenters. The molecule has 1 aromatic heterocycles. The minimum Gasteiger partial charge on any atom is -0.481 e. The third kappa shape index (κ3) is 1.97. The Hall–Kier alpha value is -2.63. The molecule has 1 atom stereocenters. The number of anilines is 2. The number of amides is 1. The number of para-hydroxylation sites is 1. The van der Waals surface area contributed by atoms with Crippen LogP contribution in [0.5, 0.6) is 0 Å². The molecule has 1 amide bonds. The standard InChI is InChI=1S/C13H11N3O3/c17-11(18)5-9-13(19)16-10-6-14-8-4-2-1-3-7(8)12(10)15-9/h1-4,6,9,15H,5H2,(H,16,19)(H,17,18). The molecule has 3 rings (SSSR count). The minimum atomic E-state index is -1.02. The predicted molar refractivity (Wildman–Crippen MR) is 70.0 cm³/mol. The van der Waals surface area contributed by atoms with E-state index in [0.717, 1.165) is 16.6 Å². The lowest BCUT2D eigenvalue weighted by molar-refractivity contribution is -0.138. The highest BCUT2D eigenvalue weighted by atomic mass is 16.4. The number of carbonyl (C=O) groups excluding carboxylic acids is 1. The molecule has 1 aliphatic heterocycles. The molecule has 19 heavy (non-hydrogen) atoms. The van der Waals surface area contributed by atoms with E-state index in [1.54, 1.807) is 6.20 Å². The molecule has 2 aromatic rings. The van der Waals surface area contributed by atoms with Crippen molar-refractivity contribution in [2.45, 2.75) is 12.5 Å². The summed E-state index contributed by atoms with van der Waals surface area (Å²) in [5, 5.41) is 15.3. The van der Waals surface area contributed by atoms with E-state index in [4.69, 9.17) is 5.11 Å². The summed E-state index contributed by atoms with van der Waals surface area (Å²) in [5.41, 5.74) is 2.08. The first kappa shape index (κ1) is 11.5. The van der Waals surface area contributed by atoms with Gasteiger partial charge in [-0.25, -0.2) is 0 Å². The van der Waals surface area contributed by atoms with Gasteiger partial charge in [-0.3, -0.25) is 14.6 Å². The first-order valence-corrected chi connectivity index (χ1v) is 5.82. The molecular weight excluding hydrogens is 246 g/mol. The van der Waals surface area contributed by atoms with Gasteiger partial charge in [0.05, 0.1) is 29.5 Å². The van der Waals surface area contributed by atoms with Crippen LogP contribution in [-0.2, 0) is 9.59 Å². The molecule has 0 fully saturated rings. The fraction of sp³-hybridized carbons (Fsp3) is 0.154. The van der Waals surface area contributed by atoms with E-state index in [1.165, 1.54) is 0 Å². The molecule has 1 aliphatic rings. The van der Waals surface area contributed by atoms with Crippen LogP contribution in [0.2, 0.25) is 0 Å². The van der Waals surface area contributed by atoms with Gasteiger partial charge in [-0.15, -0.1) is 0 Å². The van der Waals surface area contributed by atoms with E-state index >= 15 is 0 Å². The number of pyridine rings is 1. The van der Waals surface area contributed by atoms with Crippen molar-refractivity contribution in [1.29, 1.82) is 0 Å². The van der Waals surface area contributed by atoms with Gasteiger partial charge in [0.25, 0.3) is 0 Å². The number of aromatic nitrogens is 1. The van der Waals surface area contributed by atoms with Crippen molar-refractivity contribution in [2.24, 2.45) is 0 Å². The van der Waals surface area contributed by atoms with Crippen LogP contribution in [0, 0.1) is 0 Å². The van der Waals surface area contributed by atoms with Crippen LogP contribution in [0.15, 0.2) is 30.5 Å². The second-order valence-corrected chi connectivity index (χ2v) is 4.35. The van der Waals surface area contributed by atoms with Gasteiger partial charge in [-0.05, 0) is 6.07 Å². The van der Waals surface area contributed by atoms with Gasteiger partial charge in [0.15, 0.2) is 0 Å². The minimum absolute atomic E-state index is 0.262. The Labute approximate surface area is 108 Å². The number of carbonyl (C=O) groups is 2. The van der Waals surface area contributed by atoms with Gasteiger partial charge < -0.3 is 15.7 Å². The van der Waals surface area contributed by atoms with Gasteiger partial charge in [-0.1, -0.05) is 18.2 Å². The Morgan fingerprint density at radius 1 is 1.37 bits per heavy atom. The third-order valence-electron chi connectivity index (χ3n) is 3.05. The summed E-state index contributed by atoms with van der Waals surface area (Å²) in [4.78, 5) is 26.8. The summed E-state index contributed by atoms with van der Waals surface area (Å²) in [6.45, 7) is 0. The maximum absolute atomic E-state index is 11.8. The topological polar surface area (TPSA) is 91.3 Å². The summed E-state index contributed by atoms with van der Waals surface area (Å²) in [6, 6.07) is 6.71. The maximum atomic E-state index is 11.8. The summed E-state index contributed by atoms with van der Waals surface area (Å²) in [5.74, 6) is -1.37. The van der Waals surface area contributed by atoms with Crippen LogP contribution in [0.3, 0.4) is 0 Å². The summed E-state index contributed by atoms with van der Waals surface area (Å²) >= 11 is 0. The van der Waals surface area contributed by atoms with Crippen LogP contribution >= 0.6 is 0 Å². The van der Waals surface area contributed by atoms with E-state index in [1.807, 2.05) is 24.3 Å². The normalized spacial score (nSPS) is 17.5. The van der Waals surface area contributed by atoms with Gasteiger partial charge >= 0.3 is 5.97 Å². The number of carboxylic acid groups (broad SMARTS) is 1. The number of nitrogens with zero attached hydrogens (tertiary/aromatic N) is 1. The van der Waals surface area contributed by atoms with E-state index in [9.17, 15) is 9.59 Å². The van der Waals surface area contributed by atoms with Crippen molar-refractivity contribution < 1.29 is 14.7 Å². The number of hydrogen-bond donors (Lipinski definition) is 3. The molecule has 0 saturated carbocycles. The number of hydrogen-bond acceptors (Lipinski definition) is 4. The number of rotatable bonds is 2. The SMILES string of the molecule is O=C(O)CC1Nc2c(cnc3ccccc23)NC1=O. The van der Waals surface area contributed by atoms with Crippen molar-refractivity contribution >= 4 is 34.2 Å². The third-order valence-corrected chi connectivity index (χ3v) is 3.05. The number of benzene rings is 1. The van der Waals surface area contributed by atoms with Crippen LogP contribution in [-0.4, -0.2) is 28.0 Å². The van der Waals surface area contributed by atoms with Gasteiger partial charge in [0.1, 0.15) is 6.04 Å². The fourth-order valence-electron chi connectivity index (χ4n) is 2.17. The van der Waals surface area contributed by atoms with Crippen molar-refractivity contribution in [1.82, 2.24) is 4.98 Å². The first-order chi connectivity index (χ1) is 9.15. The second-order valence-electron chi connectivity index (χ2n) is 4.35. The Morgan fingerprint density at radius 3 is 2.95 bits per heavy atom. The second kappa shape index (κ2) is 4.24. The van der Waals surface area contributed by atoms with Crippen molar-refractivity contribution in [3.63, 3.8) is 0 Å². The van der Waals surface area contributed by atoms with Crippen molar-refractivity contribution in [2.75, 3.05) is 10.6 Å². The van der Waals surface area contributed by atoms with E-state index in [2.05, 4.69) is 15.6 Å². The molecule has 96 valence electrons. The lowest BCUT2D eigenvalue weighted by Gasteiger charge is -2.26. The van der Waals surface area contributed by atoms with E-state index in [0.29, 0.717) is 5.69 Å².